The molecule has 0 amide bonds. The first-order chi connectivity index (χ1) is 10.8. The van der Waals surface area contributed by atoms with Crippen molar-refractivity contribution in [1.82, 2.24) is 0 Å². The number of hydrogen-bond donors (Lipinski definition) is 0. The van der Waals surface area contributed by atoms with E-state index in [0.29, 0.717) is 6.10 Å². The Kier molecular flexibility index (Phi) is 8.59. The summed E-state index contributed by atoms with van der Waals surface area (Å²) in [7, 11) is 0. The highest BCUT2D eigenvalue weighted by atomic mass is 16.5. The van der Waals surface area contributed by atoms with Gasteiger partial charge in [-0.1, -0.05) is 51.0 Å². The third-order valence-electron chi connectivity index (χ3n) is 6.17. The summed E-state index contributed by atoms with van der Waals surface area (Å²) in [6.45, 7) is 6.85. The molecule has 0 N–H and O–H groups in total. The Morgan fingerprint density at radius 3 is 1.82 bits per heavy atom. The van der Waals surface area contributed by atoms with Crippen molar-refractivity contribution < 1.29 is 4.74 Å². The van der Waals surface area contributed by atoms with Crippen LogP contribution in [0.1, 0.15) is 90.4 Å². The van der Waals surface area contributed by atoms with Crippen molar-refractivity contribution in [3.63, 3.8) is 0 Å². The van der Waals surface area contributed by atoms with Crippen molar-refractivity contribution in [3.05, 3.63) is 12.7 Å². The van der Waals surface area contributed by atoms with E-state index in [1.165, 1.54) is 83.5 Å². The molecule has 128 valence electrons. The van der Waals surface area contributed by atoms with E-state index in [1.54, 1.807) is 0 Å². The molecule has 0 aromatic heterocycles. The van der Waals surface area contributed by atoms with Gasteiger partial charge in [0, 0.05) is 6.61 Å². The van der Waals surface area contributed by atoms with Crippen LogP contribution >= 0.6 is 0 Å². The summed E-state index contributed by atoms with van der Waals surface area (Å²) in [5.41, 5.74) is 0. The van der Waals surface area contributed by atoms with Crippen molar-refractivity contribution >= 4 is 0 Å². The lowest BCUT2D eigenvalue weighted by atomic mass is 9.76. The predicted octanol–water partition coefficient (Wildman–Crippen LogP) is 6.52. The van der Waals surface area contributed by atoms with E-state index in [1.807, 2.05) is 0 Å². The zero-order valence-electron chi connectivity index (χ0n) is 14.9. The standard InChI is InChI=1S/C21H38O/c1-3-5-6-7-18-8-10-19(11-9-18)12-13-20-14-16-21(17-15-20)22-4-2/h3,18-21H,1,4-17H2,2H3/t18-,19-,20-,21-. The van der Waals surface area contributed by atoms with Crippen LogP contribution in [0.25, 0.3) is 0 Å². The fraction of sp³-hybridized carbons (Fsp3) is 0.905. The monoisotopic (exact) mass is 306 g/mol. The van der Waals surface area contributed by atoms with E-state index in [4.69, 9.17) is 4.74 Å². The maximum absolute atomic E-state index is 5.77. The molecule has 0 aromatic carbocycles. The lowest BCUT2D eigenvalue weighted by Gasteiger charge is -2.32. The summed E-state index contributed by atoms with van der Waals surface area (Å²) in [5, 5.41) is 0. The molecular weight excluding hydrogens is 268 g/mol. The first kappa shape index (κ1) is 18.0. The van der Waals surface area contributed by atoms with Crippen LogP contribution in [0.4, 0.5) is 0 Å². The Balaban J connectivity index is 1.53. The van der Waals surface area contributed by atoms with Gasteiger partial charge in [0.1, 0.15) is 0 Å². The minimum atomic E-state index is 0.576. The molecular formula is C21H38O. The van der Waals surface area contributed by atoms with Gasteiger partial charge in [0.05, 0.1) is 6.10 Å². The van der Waals surface area contributed by atoms with Gasteiger partial charge in [-0.15, -0.1) is 6.58 Å². The van der Waals surface area contributed by atoms with Crippen LogP contribution in [0.3, 0.4) is 0 Å². The normalized spacial score (nSPS) is 32.8. The first-order valence-corrected chi connectivity index (χ1v) is 10.0. The molecule has 0 heterocycles. The Hall–Kier alpha value is -0.300. The van der Waals surface area contributed by atoms with E-state index in [-0.39, 0.29) is 0 Å². The molecule has 2 aliphatic carbocycles. The molecule has 0 atom stereocenters. The van der Waals surface area contributed by atoms with Crippen molar-refractivity contribution in [2.24, 2.45) is 17.8 Å². The summed E-state index contributed by atoms with van der Waals surface area (Å²) < 4.78 is 5.77. The van der Waals surface area contributed by atoms with Crippen molar-refractivity contribution in [2.75, 3.05) is 6.61 Å². The SMILES string of the molecule is C=CCCC[C@H]1CC[C@H](CC[C@H]2CC[C@H](OCC)CC2)CC1. The zero-order valence-corrected chi connectivity index (χ0v) is 14.9. The second kappa shape index (κ2) is 10.5. The molecule has 0 saturated heterocycles. The number of hydrogen-bond acceptors (Lipinski definition) is 1. The summed E-state index contributed by atoms with van der Waals surface area (Å²) in [4.78, 5) is 0. The lowest BCUT2D eigenvalue weighted by Crippen LogP contribution is -2.22. The fourth-order valence-electron chi connectivity index (χ4n) is 4.65. The molecule has 0 aromatic rings. The Morgan fingerprint density at radius 1 is 0.818 bits per heavy atom. The maximum Gasteiger partial charge on any atom is 0.0575 e. The molecule has 1 nitrogen and oxygen atoms in total. The van der Waals surface area contributed by atoms with Crippen molar-refractivity contribution in [1.29, 1.82) is 0 Å². The largest absolute Gasteiger partial charge is 0.379 e. The second-order valence-electron chi connectivity index (χ2n) is 7.78. The Labute approximate surface area is 138 Å². The van der Waals surface area contributed by atoms with E-state index in [9.17, 15) is 0 Å². The maximum atomic E-state index is 5.77. The highest BCUT2D eigenvalue weighted by Gasteiger charge is 2.24. The van der Waals surface area contributed by atoms with Gasteiger partial charge in [0.15, 0.2) is 0 Å². The van der Waals surface area contributed by atoms with Gasteiger partial charge >= 0.3 is 0 Å². The first-order valence-electron chi connectivity index (χ1n) is 10.0. The quantitative estimate of drug-likeness (QED) is 0.348. The highest BCUT2D eigenvalue weighted by molar-refractivity contribution is 4.77. The van der Waals surface area contributed by atoms with Gasteiger partial charge in [-0.2, -0.15) is 0 Å². The van der Waals surface area contributed by atoms with Gasteiger partial charge < -0.3 is 4.74 Å². The lowest BCUT2D eigenvalue weighted by molar-refractivity contribution is 0.0238. The predicted molar refractivity (Wildman–Crippen MR) is 96.1 cm³/mol. The van der Waals surface area contributed by atoms with Crippen LogP contribution in [0.15, 0.2) is 12.7 Å². The Bertz CT molecular complexity index is 282. The number of allylic oxidation sites excluding steroid dienone is 1. The third-order valence-corrected chi connectivity index (χ3v) is 6.17. The van der Waals surface area contributed by atoms with Crippen LogP contribution in [0.2, 0.25) is 0 Å². The van der Waals surface area contributed by atoms with E-state index in [0.717, 1.165) is 24.4 Å². The molecule has 2 aliphatic rings. The average Bonchev–Trinajstić information content (AvgIpc) is 2.56. The molecule has 0 unspecified atom stereocenters. The molecule has 2 rings (SSSR count). The van der Waals surface area contributed by atoms with Crippen LogP contribution in [0, 0.1) is 17.8 Å². The highest BCUT2D eigenvalue weighted by Crippen LogP contribution is 2.37. The summed E-state index contributed by atoms with van der Waals surface area (Å²) >= 11 is 0. The molecule has 1 heteroatoms. The Morgan fingerprint density at radius 2 is 1.32 bits per heavy atom. The van der Waals surface area contributed by atoms with E-state index < -0.39 is 0 Å². The van der Waals surface area contributed by atoms with E-state index >= 15 is 0 Å². The van der Waals surface area contributed by atoms with Gasteiger partial charge in [-0.3, -0.25) is 0 Å². The van der Waals surface area contributed by atoms with Gasteiger partial charge in [-0.25, -0.2) is 0 Å². The van der Waals surface area contributed by atoms with Crippen molar-refractivity contribution in [2.45, 2.75) is 96.5 Å². The minimum Gasteiger partial charge on any atom is -0.379 e. The van der Waals surface area contributed by atoms with Crippen LogP contribution in [-0.4, -0.2) is 12.7 Å². The molecule has 0 radical (unpaired) electrons. The van der Waals surface area contributed by atoms with Crippen LogP contribution < -0.4 is 0 Å². The fourth-order valence-corrected chi connectivity index (χ4v) is 4.65. The zero-order chi connectivity index (χ0) is 15.6. The summed E-state index contributed by atoms with van der Waals surface area (Å²) in [6, 6.07) is 0. The average molecular weight is 307 g/mol. The smallest absolute Gasteiger partial charge is 0.0575 e. The number of ether oxygens (including phenoxy) is 1. The minimum absolute atomic E-state index is 0.576. The van der Waals surface area contributed by atoms with Crippen molar-refractivity contribution in [3.8, 4) is 0 Å². The van der Waals surface area contributed by atoms with Gasteiger partial charge in [0.25, 0.3) is 0 Å². The second-order valence-corrected chi connectivity index (χ2v) is 7.78. The molecule has 0 bridgehead atoms. The molecule has 0 spiro atoms. The van der Waals surface area contributed by atoms with Gasteiger partial charge in [-0.05, 0) is 63.2 Å². The van der Waals surface area contributed by atoms with Gasteiger partial charge in [0.2, 0.25) is 0 Å². The molecule has 2 saturated carbocycles. The molecule has 2 fully saturated rings. The van der Waals surface area contributed by atoms with Crippen LogP contribution in [-0.2, 0) is 4.74 Å². The number of unbranched alkanes of at least 4 members (excludes halogenated alkanes) is 1. The third kappa shape index (κ3) is 6.44. The summed E-state index contributed by atoms with van der Waals surface area (Å²) in [5.74, 6) is 3.07. The number of rotatable bonds is 9. The molecule has 0 aliphatic heterocycles. The summed E-state index contributed by atoms with van der Waals surface area (Å²) in [6.07, 6.45) is 21.1. The molecule has 22 heavy (non-hydrogen) atoms. The topological polar surface area (TPSA) is 9.23 Å². The van der Waals surface area contributed by atoms with E-state index in [2.05, 4.69) is 19.6 Å². The van der Waals surface area contributed by atoms with Crippen LogP contribution in [0.5, 0.6) is 0 Å².